The van der Waals surface area contributed by atoms with Crippen LogP contribution in [0.15, 0.2) is 53.3 Å². The second-order valence-corrected chi connectivity index (χ2v) is 16.4. The largest absolute Gasteiger partial charge is 0.495 e. The van der Waals surface area contributed by atoms with Gasteiger partial charge in [0.25, 0.3) is 0 Å². The summed E-state index contributed by atoms with van der Waals surface area (Å²) in [4.78, 5) is 5.73. The predicted octanol–water partition coefficient (Wildman–Crippen LogP) is 7.92. The zero-order valence-corrected chi connectivity index (χ0v) is 31.5. The van der Waals surface area contributed by atoms with E-state index >= 15 is 0 Å². The van der Waals surface area contributed by atoms with E-state index in [1.807, 2.05) is 95.2 Å². The number of aromatic amines is 2. The molecule has 7 rings (SSSR count). The molecule has 0 atom stereocenters. The highest BCUT2D eigenvalue weighted by Crippen LogP contribution is 2.43. The van der Waals surface area contributed by atoms with Gasteiger partial charge in [-0.2, -0.15) is 0 Å². The zero-order valence-electron chi connectivity index (χ0n) is 29.9. The number of H-pyrrole nitrogens is 2. The fraction of sp³-hybridized carbons (Fsp3) is 0.529. The van der Waals surface area contributed by atoms with Crippen molar-refractivity contribution in [3.05, 3.63) is 64.9 Å². The minimum atomic E-state index is -0.476. The van der Waals surface area contributed by atoms with Crippen LogP contribution in [0.5, 0.6) is 0 Å². The molecule has 0 unspecified atom stereocenters. The van der Waals surface area contributed by atoms with Gasteiger partial charge in [0.05, 0.1) is 44.6 Å². The molecule has 0 amide bonds. The number of rotatable bonds is 2. The Balaban J connectivity index is 0.000000146. The second kappa shape index (κ2) is 12.5. The molecule has 14 heteroatoms. The molecule has 3 aliphatic rings. The molecular formula is C34H46B3BrF2N2O6. The Hall–Kier alpha value is -2.19. The number of nitrogens with one attached hydrogen (secondary N) is 2. The molecule has 0 saturated carbocycles. The van der Waals surface area contributed by atoms with Crippen molar-refractivity contribution in [2.75, 3.05) is 0 Å². The number of fused-ring (bicyclic) bond motifs is 2. The van der Waals surface area contributed by atoms with Crippen LogP contribution < -0.4 is 5.46 Å². The third-order valence-electron chi connectivity index (χ3n) is 10.6. The molecular weight excluding hydrogens is 683 g/mol. The van der Waals surface area contributed by atoms with Crippen LogP contribution in [0.2, 0.25) is 0 Å². The smallest absolute Gasteiger partial charge is 0.405 e. The molecule has 48 heavy (non-hydrogen) atoms. The van der Waals surface area contributed by atoms with E-state index in [0.717, 1.165) is 20.7 Å². The minimum Gasteiger partial charge on any atom is -0.405 e. The van der Waals surface area contributed by atoms with Gasteiger partial charge in [-0.25, -0.2) is 8.78 Å². The summed E-state index contributed by atoms with van der Waals surface area (Å²) in [5, 5.41) is 1.68. The van der Waals surface area contributed by atoms with E-state index in [4.69, 9.17) is 27.9 Å². The van der Waals surface area contributed by atoms with E-state index in [1.54, 1.807) is 24.5 Å². The average Bonchev–Trinajstić information content (AvgIpc) is 3.75. The maximum Gasteiger partial charge on any atom is 0.495 e. The monoisotopic (exact) mass is 728 g/mol. The third-order valence-corrected chi connectivity index (χ3v) is 11.3. The first-order chi connectivity index (χ1) is 22.0. The lowest BCUT2D eigenvalue weighted by molar-refractivity contribution is 0.00578. The quantitative estimate of drug-likeness (QED) is 0.204. The summed E-state index contributed by atoms with van der Waals surface area (Å²) in [6.45, 7) is 24.2. The normalized spacial score (nSPS) is 22.9. The average molecular weight is 729 g/mol. The van der Waals surface area contributed by atoms with Crippen molar-refractivity contribution in [1.82, 2.24) is 9.97 Å². The number of hydrogen-bond donors (Lipinski definition) is 2. The second-order valence-electron chi connectivity index (χ2n) is 15.5. The molecule has 0 bridgehead atoms. The Bertz CT molecular complexity index is 1670. The van der Waals surface area contributed by atoms with E-state index in [1.165, 1.54) is 12.1 Å². The molecule has 3 fully saturated rings. The molecule has 8 nitrogen and oxygen atoms in total. The standard InChI is InChI=1S/C14H17BFNO2.C12H24B2O4.C8H5BrFN/c1-13(2)14(3,4)19-15(18-13)10-5-6-11(16)12-9(10)7-8-17-12;1-9(2)10(3,4)16-13(15-9)14-17-11(5,6)12(7,8)18-14;9-6-1-2-7(10)8-5(6)3-4-11-8/h5-8,17H,1-4H3;1-8H3;1-4,11H. The van der Waals surface area contributed by atoms with Crippen molar-refractivity contribution in [3.8, 4) is 0 Å². The van der Waals surface area contributed by atoms with Gasteiger partial charge >= 0.3 is 21.1 Å². The van der Waals surface area contributed by atoms with Gasteiger partial charge < -0.3 is 37.9 Å². The lowest BCUT2D eigenvalue weighted by Crippen LogP contribution is -2.41. The molecule has 0 spiro atoms. The van der Waals surface area contributed by atoms with Crippen molar-refractivity contribution in [3.63, 3.8) is 0 Å². The van der Waals surface area contributed by atoms with E-state index in [-0.39, 0.29) is 34.0 Å². The highest BCUT2D eigenvalue weighted by molar-refractivity contribution is 9.10. The maximum atomic E-state index is 13.7. The Morgan fingerprint density at radius 3 is 1.27 bits per heavy atom. The van der Waals surface area contributed by atoms with Crippen LogP contribution in [-0.4, -0.2) is 64.7 Å². The first-order valence-corrected chi connectivity index (χ1v) is 17.0. The van der Waals surface area contributed by atoms with Crippen LogP contribution in [0, 0.1) is 11.6 Å². The van der Waals surface area contributed by atoms with Gasteiger partial charge in [0.2, 0.25) is 0 Å². The van der Waals surface area contributed by atoms with Gasteiger partial charge in [-0.05, 0) is 119 Å². The Morgan fingerprint density at radius 2 is 0.854 bits per heavy atom. The highest BCUT2D eigenvalue weighted by Gasteiger charge is 2.63. The molecule has 0 aliphatic carbocycles. The molecule has 2 N–H and O–H groups in total. The number of benzene rings is 2. The molecule has 258 valence electrons. The summed E-state index contributed by atoms with van der Waals surface area (Å²) in [5.41, 5.74) is -0.322. The van der Waals surface area contributed by atoms with Crippen molar-refractivity contribution in [2.45, 2.75) is 117 Å². The van der Waals surface area contributed by atoms with E-state index < -0.39 is 32.3 Å². The van der Waals surface area contributed by atoms with Gasteiger partial charge in [0, 0.05) is 27.6 Å². The molecule has 5 heterocycles. The number of aromatic nitrogens is 2. The summed E-state index contributed by atoms with van der Waals surface area (Å²) >= 11 is 3.32. The SMILES string of the molecule is CC1(C)OB(B2OC(C)(C)C(C)(C)O2)OC1(C)C.CC1(C)OB(c2ccc(F)c3[nH]ccc23)OC1(C)C.Fc1ccc(Br)c2cc[nH]c12. The molecule has 4 aromatic rings. The summed E-state index contributed by atoms with van der Waals surface area (Å²) in [7, 11) is -1.42. The minimum absolute atomic E-state index is 0.215. The van der Waals surface area contributed by atoms with Gasteiger partial charge in [0.15, 0.2) is 0 Å². The summed E-state index contributed by atoms with van der Waals surface area (Å²) in [6, 6.07) is 9.99. The lowest BCUT2D eigenvalue weighted by Gasteiger charge is -2.32. The highest BCUT2D eigenvalue weighted by atomic mass is 79.9. The fourth-order valence-electron chi connectivity index (χ4n) is 5.40. The summed E-state index contributed by atoms with van der Waals surface area (Å²) in [6.07, 6.45) is 3.45. The van der Waals surface area contributed by atoms with E-state index in [9.17, 15) is 8.78 Å². The molecule has 3 aliphatic heterocycles. The maximum absolute atomic E-state index is 13.7. The van der Waals surface area contributed by atoms with Crippen LogP contribution in [0.3, 0.4) is 0 Å². The summed E-state index contributed by atoms with van der Waals surface area (Å²) in [5.74, 6) is -0.478. The Kier molecular flexibility index (Phi) is 9.69. The van der Waals surface area contributed by atoms with Gasteiger partial charge in [0.1, 0.15) is 11.6 Å². The van der Waals surface area contributed by atoms with Crippen LogP contribution in [-0.2, 0) is 27.9 Å². The van der Waals surface area contributed by atoms with Crippen molar-refractivity contribution in [1.29, 1.82) is 0 Å². The van der Waals surface area contributed by atoms with Gasteiger partial charge in [-0.3, -0.25) is 0 Å². The zero-order chi connectivity index (χ0) is 35.7. The van der Waals surface area contributed by atoms with E-state index in [2.05, 4.69) is 25.9 Å². The Labute approximate surface area is 291 Å². The molecule has 0 radical (unpaired) electrons. The molecule has 3 saturated heterocycles. The van der Waals surface area contributed by atoms with Crippen molar-refractivity contribution in [2.24, 2.45) is 0 Å². The van der Waals surface area contributed by atoms with Crippen molar-refractivity contribution >= 4 is 64.3 Å². The van der Waals surface area contributed by atoms with Crippen LogP contribution in [0.1, 0.15) is 83.1 Å². The molecule has 2 aromatic carbocycles. The topological polar surface area (TPSA) is 87.0 Å². The predicted molar refractivity (Wildman–Crippen MR) is 192 cm³/mol. The number of halogens is 3. The summed E-state index contributed by atoms with van der Waals surface area (Å²) < 4.78 is 63.4. The van der Waals surface area contributed by atoms with Crippen molar-refractivity contribution < 1.29 is 36.7 Å². The lowest BCUT2D eigenvalue weighted by atomic mass is 9.49. The van der Waals surface area contributed by atoms with Crippen LogP contribution in [0.4, 0.5) is 8.78 Å². The first-order valence-electron chi connectivity index (χ1n) is 16.2. The first kappa shape index (κ1) is 37.1. The van der Waals surface area contributed by atoms with Gasteiger partial charge in [-0.1, -0.05) is 22.0 Å². The molecule has 2 aromatic heterocycles. The third kappa shape index (κ3) is 6.78. The van der Waals surface area contributed by atoms with Gasteiger partial charge in [-0.15, -0.1) is 0 Å². The van der Waals surface area contributed by atoms with Crippen LogP contribution >= 0.6 is 15.9 Å². The Morgan fingerprint density at radius 1 is 0.500 bits per heavy atom. The number of hydrogen-bond acceptors (Lipinski definition) is 6. The fourth-order valence-corrected chi connectivity index (χ4v) is 5.87. The van der Waals surface area contributed by atoms with Crippen LogP contribution in [0.25, 0.3) is 21.8 Å². The van der Waals surface area contributed by atoms with E-state index in [0.29, 0.717) is 11.0 Å².